The molecule has 0 fully saturated rings. The molecule has 0 radical (unpaired) electrons. The molecule has 4 nitrogen and oxygen atoms in total. The van der Waals surface area contributed by atoms with Gasteiger partial charge in [-0.15, -0.1) is 0 Å². The smallest absolute Gasteiger partial charge is 0.237 e. The first-order chi connectivity index (χ1) is 10.3. The lowest BCUT2D eigenvalue weighted by Crippen LogP contribution is -2.44. The lowest BCUT2D eigenvalue weighted by Gasteiger charge is -2.26. The van der Waals surface area contributed by atoms with Gasteiger partial charge < -0.3 is 10.4 Å². The van der Waals surface area contributed by atoms with E-state index in [1.807, 2.05) is 25.8 Å². The first-order valence-electron chi connectivity index (χ1n) is 8.12. The Morgan fingerprint density at radius 3 is 2.32 bits per heavy atom. The van der Waals surface area contributed by atoms with Gasteiger partial charge >= 0.3 is 0 Å². The number of likely N-dealkylation sites (N-methyl/N-ethyl adjacent to an activating group) is 1. The van der Waals surface area contributed by atoms with Crippen molar-refractivity contribution < 1.29 is 9.90 Å². The van der Waals surface area contributed by atoms with E-state index in [4.69, 9.17) is 0 Å². The van der Waals surface area contributed by atoms with E-state index in [0.29, 0.717) is 13.0 Å². The van der Waals surface area contributed by atoms with Crippen molar-refractivity contribution in [1.82, 2.24) is 10.2 Å². The minimum Gasteiger partial charge on any atom is -0.393 e. The van der Waals surface area contributed by atoms with Crippen LogP contribution in [0.15, 0.2) is 24.3 Å². The van der Waals surface area contributed by atoms with Gasteiger partial charge in [0.25, 0.3) is 0 Å². The van der Waals surface area contributed by atoms with Crippen LogP contribution in [0.1, 0.15) is 51.3 Å². The van der Waals surface area contributed by atoms with E-state index >= 15 is 0 Å². The van der Waals surface area contributed by atoms with Crippen LogP contribution in [0.25, 0.3) is 0 Å². The summed E-state index contributed by atoms with van der Waals surface area (Å²) in [6.45, 7) is 8.49. The lowest BCUT2D eigenvalue weighted by molar-refractivity contribution is -0.126. The van der Waals surface area contributed by atoms with Gasteiger partial charge in [-0.05, 0) is 51.8 Å². The monoisotopic (exact) mass is 306 g/mol. The molecule has 0 bridgehead atoms. The predicted octanol–water partition coefficient (Wildman–Crippen LogP) is 2.52. The number of hydrogen-bond acceptors (Lipinski definition) is 3. The normalized spacial score (nSPS) is 15.4. The van der Waals surface area contributed by atoms with Crippen LogP contribution in [0.4, 0.5) is 0 Å². The van der Waals surface area contributed by atoms with Crippen molar-refractivity contribution in [2.45, 2.75) is 58.7 Å². The third kappa shape index (κ3) is 5.78. The van der Waals surface area contributed by atoms with Gasteiger partial charge in [0.1, 0.15) is 0 Å². The van der Waals surface area contributed by atoms with Crippen molar-refractivity contribution >= 4 is 5.91 Å². The van der Waals surface area contributed by atoms with Crippen LogP contribution in [0.2, 0.25) is 0 Å². The molecule has 124 valence electrons. The van der Waals surface area contributed by atoms with Crippen molar-refractivity contribution in [3.8, 4) is 0 Å². The lowest BCUT2D eigenvalue weighted by atomic mass is 10.0. The van der Waals surface area contributed by atoms with Crippen LogP contribution in [0, 0.1) is 0 Å². The Labute approximate surface area is 134 Å². The van der Waals surface area contributed by atoms with Crippen molar-refractivity contribution in [2.75, 3.05) is 13.6 Å². The first-order valence-corrected chi connectivity index (χ1v) is 8.12. The Kier molecular flexibility index (Phi) is 7.56. The number of aliphatic hydroxyl groups is 1. The number of rotatable bonds is 8. The van der Waals surface area contributed by atoms with Gasteiger partial charge in [0.15, 0.2) is 0 Å². The van der Waals surface area contributed by atoms with Gasteiger partial charge in [0.2, 0.25) is 5.91 Å². The van der Waals surface area contributed by atoms with E-state index in [2.05, 4.69) is 36.5 Å². The standard InChI is InChI=1S/C18H30N2O2/c1-6-16-7-9-17(10-8-16)14(3)19-18(22)15(4)20(5)12-11-13(2)21/h7-10,13-15,21H,6,11-12H2,1-5H3,(H,19,22). The molecule has 1 amide bonds. The molecule has 3 atom stereocenters. The molecular formula is C18H30N2O2. The van der Waals surface area contributed by atoms with Gasteiger partial charge in [-0.2, -0.15) is 0 Å². The second-order valence-electron chi connectivity index (χ2n) is 6.12. The first kappa shape index (κ1) is 18.7. The van der Waals surface area contributed by atoms with Crippen LogP contribution in [0.3, 0.4) is 0 Å². The zero-order valence-corrected chi connectivity index (χ0v) is 14.5. The molecule has 22 heavy (non-hydrogen) atoms. The highest BCUT2D eigenvalue weighted by atomic mass is 16.3. The summed E-state index contributed by atoms with van der Waals surface area (Å²) >= 11 is 0. The molecule has 0 saturated heterocycles. The molecular weight excluding hydrogens is 276 g/mol. The van der Waals surface area contributed by atoms with Crippen LogP contribution < -0.4 is 5.32 Å². The maximum atomic E-state index is 12.3. The van der Waals surface area contributed by atoms with Gasteiger partial charge in [-0.3, -0.25) is 9.69 Å². The topological polar surface area (TPSA) is 52.6 Å². The van der Waals surface area contributed by atoms with Crippen LogP contribution in [-0.2, 0) is 11.2 Å². The molecule has 0 heterocycles. The fourth-order valence-electron chi connectivity index (χ4n) is 2.24. The van der Waals surface area contributed by atoms with Gasteiger partial charge in [0, 0.05) is 6.54 Å². The maximum absolute atomic E-state index is 12.3. The summed E-state index contributed by atoms with van der Waals surface area (Å²) in [5.74, 6) is 0.0140. The molecule has 3 unspecified atom stereocenters. The van der Waals surface area contributed by atoms with Crippen molar-refractivity contribution in [1.29, 1.82) is 0 Å². The van der Waals surface area contributed by atoms with E-state index in [0.717, 1.165) is 12.0 Å². The van der Waals surface area contributed by atoms with Crippen LogP contribution in [0.5, 0.6) is 0 Å². The minimum absolute atomic E-state index is 0.00831. The number of aryl methyl sites for hydroxylation is 1. The molecule has 0 saturated carbocycles. The minimum atomic E-state index is -0.339. The number of carbonyl (C=O) groups excluding carboxylic acids is 1. The van der Waals surface area contributed by atoms with Gasteiger partial charge in [-0.1, -0.05) is 31.2 Å². The second-order valence-corrected chi connectivity index (χ2v) is 6.12. The van der Waals surface area contributed by atoms with Crippen molar-refractivity contribution in [3.05, 3.63) is 35.4 Å². The van der Waals surface area contributed by atoms with Crippen LogP contribution >= 0.6 is 0 Å². The average Bonchev–Trinajstić information content (AvgIpc) is 2.51. The third-order valence-corrected chi connectivity index (χ3v) is 4.19. The summed E-state index contributed by atoms with van der Waals surface area (Å²) in [4.78, 5) is 14.3. The summed E-state index contributed by atoms with van der Waals surface area (Å²) in [5, 5.41) is 12.4. The highest BCUT2D eigenvalue weighted by Crippen LogP contribution is 2.14. The Morgan fingerprint density at radius 2 is 1.82 bits per heavy atom. The molecule has 1 aromatic carbocycles. The Morgan fingerprint density at radius 1 is 1.23 bits per heavy atom. The third-order valence-electron chi connectivity index (χ3n) is 4.19. The molecule has 0 aliphatic heterocycles. The molecule has 1 rings (SSSR count). The van der Waals surface area contributed by atoms with E-state index in [1.165, 1.54) is 5.56 Å². The van der Waals surface area contributed by atoms with Gasteiger partial charge in [0.05, 0.1) is 18.2 Å². The number of aliphatic hydroxyl groups excluding tert-OH is 1. The SMILES string of the molecule is CCc1ccc(C(C)NC(=O)C(C)N(C)CCC(C)O)cc1. The number of carbonyl (C=O) groups is 1. The van der Waals surface area contributed by atoms with Crippen LogP contribution in [-0.4, -0.2) is 41.7 Å². The molecule has 4 heteroatoms. The Bertz CT molecular complexity index is 457. The zero-order valence-electron chi connectivity index (χ0n) is 14.5. The molecule has 0 spiro atoms. The van der Waals surface area contributed by atoms with E-state index in [-0.39, 0.29) is 24.1 Å². The summed E-state index contributed by atoms with van der Waals surface area (Å²) in [6.07, 6.45) is 1.35. The summed E-state index contributed by atoms with van der Waals surface area (Å²) in [6, 6.07) is 8.14. The average molecular weight is 306 g/mol. The highest BCUT2D eigenvalue weighted by Gasteiger charge is 2.20. The summed E-state index contributed by atoms with van der Waals surface area (Å²) < 4.78 is 0. The van der Waals surface area contributed by atoms with E-state index in [1.54, 1.807) is 6.92 Å². The number of hydrogen-bond donors (Lipinski definition) is 2. The fraction of sp³-hybridized carbons (Fsp3) is 0.611. The second kappa shape index (κ2) is 8.91. The molecule has 0 aromatic heterocycles. The zero-order chi connectivity index (χ0) is 16.7. The molecule has 0 aliphatic carbocycles. The summed E-state index contributed by atoms with van der Waals surface area (Å²) in [5.41, 5.74) is 2.41. The quantitative estimate of drug-likeness (QED) is 0.776. The summed E-state index contributed by atoms with van der Waals surface area (Å²) in [7, 11) is 1.91. The van der Waals surface area contributed by atoms with Crippen molar-refractivity contribution in [2.24, 2.45) is 0 Å². The number of nitrogens with one attached hydrogen (secondary N) is 1. The van der Waals surface area contributed by atoms with Crippen molar-refractivity contribution in [3.63, 3.8) is 0 Å². The van der Waals surface area contributed by atoms with E-state index < -0.39 is 0 Å². The number of nitrogens with zero attached hydrogens (tertiary/aromatic N) is 1. The van der Waals surface area contributed by atoms with Gasteiger partial charge in [-0.25, -0.2) is 0 Å². The Balaban J connectivity index is 2.54. The van der Waals surface area contributed by atoms with E-state index in [9.17, 15) is 9.90 Å². The Hall–Kier alpha value is -1.39. The molecule has 2 N–H and O–H groups in total. The number of amides is 1. The molecule has 0 aliphatic rings. The molecule has 1 aromatic rings. The predicted molar refractivity (Wildman–Crippen MR) is 90.8 cm³/mol. The largest absolute Gasteiger partial charge is 0.393 e. The highest BCUT2D eigenvalue weighted by molar-refractivity contribution is 5.81. The number of benzene rings is 1. The maximum Gasteiger partial charge on any atom is 0.237 e. The fourth-order valence-corrected chi connectivity index (χ4v) is 2.24.